The molecule has 0 unspecified atom stereocenters. The molecule has 2 rings (SSSR count). The number of nitrogens with two attached hydrogens (primary N) is 1. The molecule has 25 heavy (non-hydrogen) atoms. The first-order valence-electron chi connectivity index (χ1n) is 8.35. The number of benzene rings is 1. The van der Waals surface area contributed by atoms with Crippen LogP contribution in [-0.4, -0.2) is 25.2 Å². The molecule has 0 aliphatic rings. The summed E-state index contributed by atoms with van der Waals surface area (Å²) in [6, 6.07) is 7.32. The van der Waals surface area contributed by atoms with E-state index in [1.165, 1.54) is 6.26 Å². The molecule has 6 heteroatoms. The predicted octanol–water partition coefficient (Wildman–Crippen LogP) is 3.39. The Bertz CT molecular complexity index is 718. The van der Waals surface area contributed by atoms with Gasteiger partial charge in [-0.1, -0.05) is 12.1 Å². The molecular weight excluding hydrogens is 322 g/mol. The molecule has 2 N–H and O–H groups in total. The van der Waals surface area contributed by atoms with Gasteiger partial charge in [0.1, 0.15) is 5.56 Å². The Balaban J connectivity index is 1.93. The Morgan fingerprint density at radius 3 is 2.28 bits per heavy atom. The summed E-state index contributed by atoms with van der Waals surface area (Å²) >= 11 is 0. The normalized spacial score (nSPS) is 10.5. The minimum absolute atomic E-state index is 0.0900. The van der Waals surface area contributed by atoms with Crippen molar-refractivity contribution in [3.05, 3.63) is 52.8 Å². The highest BCUT2D eigenvalue weighted by atomic mass is 16.5. The highest BCUT2D eigenvalue weighted by Gasteiger charge is 2.19. The largest absolute Gasteiger partial charge is 0.462 e. The van der Waals surface area contributed by atoms with Crippen molar-refractivity contribution >= 4 is 17.8 Å². The summed E-state index contributed by atoms with van der Waals surface area (Å²) in [5, 5.41) is 0. The minimum atomic E-state index is -0.456. The molecule has 2 aromatic rings. The Morgan fingerprint density at radius 1 is 1.00 bits per heavy atom. The maximum Gasteiger partial charge on any atom is 0.343 e. The molecule has 0 radical (unpaired) electrons. The van der Waals surface area contributed by atoms with Crippen LogP contribution in [0, 0.1) is 0 Å². The van der Waals surface area contributed by atoms with Crippen LogP contribution < -0.4 is 5.73 Å². The summed E-state index contributed by atoms with van der Waals surface area (Å²) < 4.78 is 15.1. The van der Waals surface area contributed by atoms with Crippen LogP contribution in [0.2, 0.25) is 0 Å². The van der Waals surface area contributed by atoms with Gasteiger partial charge in [-0.15, -0.1) is 0 Å². The van der Waals surface area contributed by atoms with Gasteiger partial charge in [-0.05, 0) is 50.8 Å². The molecule has 134 valence electrons. The van der Waals surface area contributed by atoms with Gasteiger partial charge in [0.2, 0.25) is 5.88 Å². The van der Waals surface area contributed by atoms with Crippen molar-refractivity contribution in [2.75, 3.05) is 18.9 Å². The third-order valence-corrected chi connectivity index (χ3v) is 3.75. The van der Waals surface area contributed by atoms with Crippen LogP contribution in [0.5, 0.6) is 0 Å². The molecule has 0 saturated carbocycles. The van der Waals surface area contributed by atoms with Gasteiger partial charge in [-0.3, -0.25) is 0 Å². The Hall–Kier alpha value is -2.76. The number of anilines is 1. The van der Waals surface area contributed by atoms with Gasteiger partial charge in [0, 0.05) is 5.56 Å². The highest BCUT2D eigenvalue weighted by molar-refractivity contribution is 5.95. The van der Waals surface area contributed by atoms with Gasteiger partial charge in [0.15, 0.2) is 0 Å². The fourth-order valence-corrected chi connectivity index (χ4v) is 2.53. The molecular formula is C19H23NO5. The molecule has 1 aromatic carbocycles. The summed E-state index contributed by atoms with van der Waals surface area (Å²) in [7, 11) is 0. The average molecular weight is 345 g/mol. The fraction of sp³-hybridized carbons (Fsp3) is 0.368. The number of aryl methyl sites for hydroxylation is 2. The van der Waals surface area contributed by atoms with Gasteiger partial charge in [-0.25, -0.2) is 9.59 Å². The van der Waals surface area contributed by atoms with Gasteiger partial charge in [-0.2, -0.15) is 0 Å². The zero-order chi connectivity index (χ0) is 18.2. The molecule has 0 fully saturated rings. The van der Waals surface area contributed by atoms with Gasteiger partial charge in [0.25, 0.3) is 0 Å². The van der Waals surface area contributed by atoms with E-state index in [0.29, 0.717) is 24.2 Å². The molecule has 1 heterocycles. The van der Waals surface area contributed by atoms with Crippen LogP contribution in [0.4, 0.5) is 5.88 Å². The van der Waals surface area contributed by atoms with Gasteiger partial charge < -0.3 is 19.6 Å². The van der Waals surface area contributed by atoms with E-state index in [-0.39, 0.29) is 18.5 Å². The van der Waals surface area contributed by atoms with Gasteiger partial charge in [0.05, 0.1) is 25.0 Å². The van der Waals surface area contributed by atoms with Crippen molar-refractivity contribution in [2.24, 2.45) is 0 Å². The van der Waals surface area contributed by atoms with Crippen LogP contribution in [0.3, 0.4) is 0 Å². The zero-order valence-electron chi connectivity index (χ0n) is 14.5. The van der Waals surface area contributed by atoms with Crippen molar-refractivity contribution in [3.63, 3.8) is 0 Å². The van der Waals surface area contributed by atoms with Crippen LogP contribution in [0.1, 0.15) is 52.1 Å². The first kappa shape index (κ1) is 18.6. The monoisotopic (exact) mass is 345 g/mol. The lowest BCUT2D eigenvalue weighted by Gasteiger charge is -2.05. The molecule has 6 nitrogen and oxygen atoms in total. The molecule has 0 aliphatic heterocycles. The third-order valence-electron chi connectivity index (χ3n) is 3.75. The average Bonchev–Trinajstić information content (AvgIpc) is 2.96. The molecule has 0 spiro atoms. The number of hydrogen-bond donors (Lipinski definition) is 1. The summed E-state index contributed by atoms with van der Waals surface area (Å²) in [5.74, 6) is -0.684. The van der Waals surface area contributed by atoms with Crippen molar-refractivity contribution < 1.29 is 23.5 Å². The fourth-order valence-electron chi connectivity index (χ4n) is 2.53. The lowest BCUT2D eigenvalue weighted by molar-refractivity contribution is 0.0516. The number of nitrogen functional groups attached to an aromatic ring is 1. The Morgan fingerprint density at radius 2 is 1.64 bits per heavy atom. The first-order chi connectivity index (χ1) is 12.1. The molecule has 0 amide bonds. The minimum Gasteiger partial charge on any atom is -0.462 e. The van der Waals surface area contributed by atoms with Crippen LogP contribution in [0.15, 0.2) is 34.9 Å². The smallest absolute Gasteiger partial charge is 0.343 e. The maximum absolute atomic E-state index is 11.9. The number of furan rings is 1. The lowest BCUT2D eigenvalue weighted by Crippen LogP contribution is -2.09. The number of carbonyl (C=O) groups excluding carboxylic acids is 2. The van der Waals surface area contributed by atoms with Crippen LogP contribution >= 0.6 is 0 Å². The quantitative estimate of drug-likeness (QED) is 0.737. The number of rotatable bonds is 8. The van der Waals surface area contributed by atoms with Crippen molar-refractivity contribution in [3.8, 4) is 0 Å². The number of esters is 2. The number of carbonyl (C=O) groups is 2. The lowest BCUT2D eigenvalue weighted by atomic mass is 10.0. The summed E-state index contributed by atoms with van der Waals surface area (Å²) in [6.07, 6.45) is 3.76. The Kier molecular flexibility index (Phi) is 6.62. The zero-order valence-corrected chi connectivity index (χ0v) is 14.5. The van der Waals surface area contributed by atoms with E-state index >= 15 is 0 Å². The summed E-state index contributed by atoms with van der Waals surface area (Å²) in [4.78, 5) is 23.6. The second kappa shape index (κ2) is 8.92. The van der Waals surface area contributed by atoms with E-state index < -0.39 is 5.97 Å². The standard InChI is InChI=1S/C19H23NO5/c1-3-23-18(21)14-10-8-13(9-11-14)6-5-7-15-12-25-17(20)16(15)19(22)24-4-2/h8-12H,3-7,20H2,1-2H3. The number of hydrogen-bond acceptors (Lipinski definition) is 6. The molecule has 0 aliphatic carbocycles. The van der Waals surface area contributed by atoms with E-state index in [1.54, 1.807) is 26.0 Å². The Labute approximate surface area is 146 Å². The second-order valence-electron chi connectivity index (χ2n) is 5.49. The third kappa shape index (κ3) is 4.86. The predicted molar refractivity (Wildman–Crippen MR) is 93.5 cm³/mol. The van der Waals surface area contributed by atoms with E-state index in [9.17, 15) is 9.59 Å². The maximum atomic E-state index is 11.9. The second-order valence-corrected chi connectivity index (χ2v) is 5.49. The van der Waals surface area contributed by atoms with E-state index in [0.717, 1.165) is 24.0 Å². The summed E-state index contributed by atoms with van der Waals surface area (Å²) in [6.45, 7) is 4.17. The topological polar surface area (TPSA) is 91.8 Å². The number of ether oxygens (including phenoxy) is 2. The van der Waals surface area contributed by atoms with Gasteiger partial charge >= 0.3 is 11.9 Å². The van der Waals surface area contributed by atoms with E-state index in [1.807, 2.05) is 12.1 Å². The molecule has 0 atom stereocenters. The van der Waals surface area contributed by atoms with Crippen LogP contribution in [-0.2, 0) is 22.3 Å². The molecule has 0 saturated heterocycles. The first-order valence-corrected chi connectivity index (χ1v) is 8.35. The highest BCUT2D eigenvalue weighted by Crippen LogP contribution is 2.22. The van der Waals surface area contributed by atoms with Crippen molar-refractivity contribution in [2.45, 2.75) is 33.1 Å². The van der Waals surface area contributed by atoms with Crippen molar-refractivity contribution in [1.29, 1.82) is 0 Å². The van der Waals surface area contributed by atoms with Crippen LogP contribution in [0.25, 0.3) is 0 Å². The molecule has 1 aromatic heterocycles. The van der Waals surface area contributed by atoms with Crippen molar-refractivity contribution in [1.82, 2.24) is 0 Å². The SMILES string of the molecule is CCOC(=O)c1ccc(CCCc2coc(N)c2C(=O)OCC)cc1. The van der Waals surface area contributed by atoms with E-state index in [4.69, 9.17) is 19.6 Å². The molecule has 0 bridgehead atoms. The summed E-state index contributed by atoms with van der Waals surface area (Å²) in [5.41, 5.74) is 8.42. The van der Waals surface area contributed by atoms with E-state index in [2.05, 4.69) is 0 Å².